The van der Waals surface area contributed by atoms with Crippen LogP contribution in [0.4, 0.5) is 0 Å². The first-order chi connectivity index (χ1) is 11.3. The number of carbonyl (C=O) groups is 1. The normalized spacial score (nSPS) is 18.2. The molecule has 0 aliphatic carbocycles. The first kappa shape index (κ1) is 17.2. The number of rotatable bonds is 3. The van der Waals surface area contributed by atoms with Gasteiger partial charge in [-0.25, -0.2) is 8.42 Å². The van der Waals surface area contributed by atoms with E-state index in [4.69, 9.17) is 23.2 Å². The molecule has 0 amide bonds. The summed E-state index contributed by atoms with van der Waals surface area (Å²) in [5, 5.41) is 9.44. The summed E-state index contributed by atoms with van der Waals surface area (Å²) in [6, 6.07) is 10.3. The van der Waals surface area contributed by atoms with E-state index in [2.05, 4.69) is 0 Å². The van der Waals surface area contributed by atoms with Crippen LogP contribution in [0.25, 0.3) is 0 Å². The van der Waals surface area contributed by atoms with Crippen molar-refractivity contribution in [2.45, 2.75) is 23.9 Å². The highest BCUT2D eigenvalue weighted by molar-refractivity contribution is 7.89. The zero-order valence-corrected chi connectivity index (χ0v) is 14.6. The number of fused-ring (bicyclic) bond motifs is 1. The van der Waals surface area contributed by atoms with Crippen LogP contribution in [0.15, 0.2) is 47.4 Å². The van der Waals surface area contributed by atoms with Crippen molar-refractivity contribution in [3.8, 4) is 0 Å². The Morgan fingerprint density at radius 2 is 1.62 bits per heavy atom. The van der Waals surface area contributed by atoms with Crippen LogP contribution in [0.2, 0.25) is 10.0 Å². The summed E-state index contributed by atoms with van der Waals surface area (Å²) in [5.74, 6) is -1.21. The van der Waals surface area contributed by atoms with E-state index in [-0.39, 0.29) is 27.9 Å². The molecule has 1 atom stereocenters. The second-order valence-electron chi connectivity index (χ2n) is 5.43. The summed E-state index contributed by atoms with van der Waals surface area (Å²) in [6.45, 7) is -0.0446. The number of nitrogens with zero attached hydrogens (tertiary/aromatic N) is 1. The van der Waals surface area contributed by atoms with E-state index in [0.717, 1.165) is 15.4 Å². The van der Waals surface area contributed by atoms with Crippen molar-refractivity contribution in [2.24, 2.45) is 0 Å². The molecule has 3 rings (SSSR count). The standard InChI is InChI=1S/C16H13Cl2NO4S/c17-12-6-3-7-13(18)15(12)24(22,23)19-9-11-5-2-1-4-10(11)8-14(19)16(20)21/h1-7,14H,8-9H2,(H,20,21)/t14-/m0/s1. The monoisotopic (exact) mass is 385 g/mol. The van der Waals surface area contributed by atoms with Crippen LogP contribution in [-0.4, -0.2) is 29.8 Å². The van der Waals surface area contributed by atoms with Gasteiger partial charge in [0.15, 0.2) is 0 Å². The van der Waals surface area contributed by atoms with E-state index in [0.29, 0.717) is 0 Å². The van der Waals surface area contributed by atoms with Crippen LogP contribution in [0.5, 0.6) is 0 Å². The molecule has 2 aromatic carbocycles. The molecule has 0 saturated heterocycles. The summed E-state index contributed by atoms with van der Waals surface area (Å²) in [5.41, 5.74) is 1.59. The number of benzene rings is 2. The van der Waals surface area contributed by atoms with Crippen LogP contribution in [0.3, 0.4) is 0 Å². The summed E-state index contributed by atoms with van der Waals surface area (Å²) >= 11 is 12.0. The van der Waals surface area contributed by atoms with E-state index >= 15 is 0 Å². The molecule has 0 aromatic heterocycles. The predicted molar refractivity (Wildman–Crippen MR) is 90.8 cm³/mol. The number of carboxylic acids is 1. The Hall–Kier alpha value is -1.60. The molecule has 1 N–H and O–H groups in total. The van der Waals surface area contributed by atoms with Gasteiger partial charge in [-0.2, -0.15) is 4.31 Å². The third-order valence-corrected chi connectivity index (χ3v) is 6.79. The number of carboxylic acid groups (broad SMARTS) is 1. The Bertz CT molecular complexity index is 894. The molecule has 2 aromatic rings. The summed E-state index contributed by atoms with van der Waals surface area (Å²) in [7, 11) is -4.17. The smallest absolute Gasteiger partial charge is 0.322 e. The van der Waals surface area contributed by atoms with Crippen LogP contribution in [0.1, 0.15) is 11.1 Å². The lowest BCUT2D eigenvalue weighted by molar-refractivity contribution is -0.141. The third-order valence-electron chi connectivity index (χ3n) is 3.98. The van der Waals surface area contributed by atoms with Crippen molar-refractivity contribution < 1.29 is 18.3 Å². The van der Waals surface area contributed by atoms with Gasteiger partial charge in [0.2, 0.25) is 10.0 Å². The summed E-state index contributed by atoms with van der Waals surface area (Å²) in [6.07, 6.45) is 0.0901. The molecule has 126 valence electrons. The van der Waals surface area contributed by atoms with E-state index in [1.54, 1.807) is 24.3 Å². The molecule has 0 fully saturated rings. The molecule has 0 saturated carbocycles. The maximum Gasteiger partial charge on any atom is 0.322 e. The third kappa shape index (κ3) is 2.91. The average Bonchev–Trinajstić information content (AvgIpc) is 2.53. The quantitative estimate of drug-likeness (QED) is 0.879. The molecule has 0 radical (unpaired) electrons. The van der Waals surface area contributed by atoms with Crippen LogP contribution in [-0.2, 0) is 27.8 Å². The van der Waals surface area contributed by atoms with Gasteiger partial charge in [-0.1, -0.05) is 53.5 Å². The highest BCUT2D eigenvalue weighted by atomic mass is 35.5. The van der Waals surface area contributed by atoms with Crippen molar-refractivity contribution in [1.82, 2.24) is 4.31 Å². The lowest BCUT2D eigenvalue weighted by Gasteiger charge is -2.33. The minimum atomic E-state index is -4.17. The van der Waals surface area contributed by atoms with Gasteiger partial charge in [0.1, 0.15) is 10.9 Å². The van der Waals surface area contributed by atoms with Gasteiger partial charge >= 0.3 is 5.97 Å². The van der Waals surface area contributed by atoms with Crippen LogP contribution in [0, 0.1) is 0 Å². The Balaban J connectivity index is 2.14. The highest BCUT2D eigenvalue weighted by Gasteiger charge is 2.41. The van der Waals surface area contributed by atoms with Gasteiger partial charge in [-0.15, -0.1) is 0 Å². The molecule has 5 nitrogen and oxygen atoms in total. The van der Waals surface area contributed by atoms with E-state index in [1.165, 1.54) is 18.2 Å². The maximum absolute atomic E-state index is 13.0. The van der Waals surface area contributed by atoms with Gasteiger partial charge in [-0.3, -0.25) is 4.79 Å². The number of hydrogen-bond donors (Lipinski definition) is 1. The Morgan fingerprint density at radius 1 is 1.04 bits per heavy atom. The second-order valence-corrected chi connectivity index (χ2v) is 8.07. The Morgan fingerprint density at radius 3 is 2.21 bits per heavy atom. The fourth-order valence-corrected chi connectivity index (χ4v) is 5.46. The van der Waals surface area contributed by atoms with Gasteiger partial charge in [0, 0.05) is 13.0 Å². The molecule has 24 heavy (non-hydrogen) atoms. The predicted octanol–water partition coefficient (Wildman–Crippen LogP) is 3.19. The van der Waals surface area contributed by atoms with E-state index in [9.17, 15) is 18.3 Å². The maximum atomic E-state index is 13.0. The largest absolute Gasteiger partial charge is 0.480 e. The molecule has 1 aliphatic heterocycles. The average molecular weight is 386 g/mol. The number of sulfonamides is 1. The number of halogens is 2. The Kier molecular flexibility index (Phi) is 4.57. The van der Waals surface area contributed by atoms with Crippen molar-refractivity contribution in [2.75, 3.05) is 0 Å². The highest BCUT2D eigenvalue weighted by Crippen LogP contribution is 2.35. The zero-order chi connectivity index (χ0) is 17.5. The molecule has 0 unspecified atom stereocenters. The lowest BCUT2D eigenvalue weighted by atomic mass is 9.96. The molecule has 8 heteroatoms. The van der Waals surface area contributed by atoms with Gasteiger partial charge in [0.25, 0.3) is 0 Å². The van der Waals surface area contributed by atoms with Crippen LogP contribution < -0.4 is 0 Å². The Labute approximate surface area is 149 Å². The van der Waals surface area contributed by atoms with Gasteiger partial charge < -0.3 is 5.11 Å². The first-order valence-electron chi connectivity index (χ1n) is 7.08. The van der Waals surface area contributed by atoms with Crippen molar-refractivity contribution in [1.29, 1.82) is 0 Å². The van der Waals surface area contributed by atoms with E-state index in [1.807, 2.05) is 0 Å². The van der Waals surface area contributed by atoms with E-state index < -0.39 is 22.0 Å². The fourth-order valence-electron chi connectivity index (χ4n) is 2.81. The summed E-state index contributed by atoms with van der Waals surface area (Å²) < 4.78 is 27.0. The fraction of sp³-hybridized carbons (Fsp3) is 0.188. The number of aliphatic carboxylic acids is 1. The van der Waals surface area contributed by atoms with Crippen molar-refractivity contribution >= 4 is 39.2 Å². The topological polar surface area (TPSA) is 74.7 Å². The molecular formula is C16H13Cl2NO4S. The summed E-state index contributed by atoms with van der Waals surface area (Å²) in [4.78, 5) is 11.4. The van der Waals surface area contributed by atoms with Crippen molar-refractivity contribution in [3.63, 3.8) is 0 Å². The molecular weight excluding hydrogens is 373 g/mol. The SMILES string of the molecule is O=C(O)[C@@H]1Cc2ccccc2CN1S(=O)(=O)c1c(Cl)cccc1Cl. The van der Waals surface area contributed by atoms with Crippen molar-refractivity contribution in [3.05, 3.63) is 63.6 Å². The number of hydrogen-bond acceptors (Lipinski definition) is 3. The molecule has 0 spiro atoms. The minimum absolute atomic E-state index is 0.0366. The first-order valence-corrected chi connectivity index (χ1v) is 9.27. The van der Waals surface area contributed by atoms with Crippen LogP contribution >= 0.6 is 23.2 Å². The lowest BCUT2D eigenvalue weighted by Crippen LogP contribution is -2.48. The molecule has 1 aliphatic rings. The second kappa shape index (κ2) is 6.37. The molecule has 1 heterocycles. The zero-order valence-electron chi connectivity index (χ0n) is 12.3. The van der Waals surface area contributed by atoms with Gasteiger partial charge in [-0.05, 0) is 23.3 Å². The molecule has 0 bridgehead atoms. The van der Waals surface area contributed by atoms with Gasteiger partial charge in [0.05, 0.1) is 10.0 Å². The minimum Gasteiger partial charge on any atom is -0.480 e.